The van der Waals surface area contributed by atoms with Crippen molar-refractivity contribution in [1.82, 2.24) is 5.32 Å². The molecule has 2 heteroatoms. The van der Waals surface area contributed by atoms with E-state index in [0.29, 0.717) is 0 Å². The highest BCUT2D eigenvalue weighted by Crippen LogP contribution is 2.33. The summed E-state index contributed by atoms with van der Waals surface area (Å²) in [6.45, 7) is 3.03. The van der Waals surface area contributed by atoms with Gasteiger partial charge in [-0.1, -0.05) is 24.3 Å². The summed E-state index contributed by atoms with van der Waals surface area (Å²) in [4.78, 5) is 0. The minimum atomic E-state index is 0.740. The fourth-order valence-electron chi connectivity index (χ4n) is 2.16. The Morgan fingerprint density at radius 3 is 3.07 bits per heavy atom. The molecule has 0 aliphatic heterocycles. The van der Waals surface area contributed by atoms with Crippen molar-refractivity contribution in [2.75, 3.05) is 26.8 Å². The molecule has 1 aromatic carbocycles. The monoisotopic (exact) mass is 205 g/mol. The standard InChI is InChI=1S/C13H19NO/c1-15-8-4-7-14-10-12-9-11-5-2-3-6-13(11)12/h2-3,5-6,12,14H,4,7-10H2,1H3. The highest BCUT2D eigenvalue weighted by Gasteiger charge is 2.24. The van der Waals surface area contributed by atoms with Crippen LogP contribution in [0.2, 0.25) is 0 Å². The third kappa shape index (κ3) is 2.58. The fraction of sp³-hybridized carbons (Fsp3) is 0.538. The van der Waals surface area contributed by atoms with Gasteiger partial charge in [0.15, 0.2) is 0 Å². The van der Waals surface area contributed by atoms with Crippen LogP contribution in [0.5, 0.6) is 0 Å². The van der Waals surface area contributed by atoms with Crippen LogP contribution in [0.4, 0.5) is 0 Å². The minimum absolute atomic E-state index is 0.740. The van der Waals surface area contributed by atoms with Crippen molar-refractivity contribution >= 4 is 0 Å². The Morgan fingerprint density at radius 1 is 1.40 bits per heavy atom. The zero-order chi connectivity index (χ0) is 10.5. The zero-order valence-corrected chi connectivity index (χ0v) is 9.33. The van der Waals surface area contributed by atoms with Crippen molar-refractivity contribution in [3.8, 4) is 0 Å². The number of hydrogen-bond acceptors (Lipinski definition) is 2. The Hall–Kier alpha value is -0.860. The number of methoxy groups -OCH3 is 1. The number of rotatable bonds is 6. The van der Waals surface area contributed by atoms with Gasteiger partial charge in [0.1, 0.15) is 0 Å². The van der Waals surface area contributed by atoms with Crippen LogP contribution in [0.15, 0.2) is 24.3 Å². The average Bonchev–Trinajstić information content (AvgIpc) is 2.24. The molecule has 2 nitrogen and oxygen atoms in total. The van der Waals surface area contributed by atoms with E-state index in [4.69, 9.17) is 4.74 Å². The lowest BCUT2D eigenvalue weighted by Gasteiger charge is -2.30. The Morgan fingerprint density at radius 2 is 2.27 bits per heavy atom. The van der Waals surface area contributed by atoms with Crippen LogP contribution in [-0.2, 0) is 11.2 Å². The van der Waals surface area contributed by atoms with Crippen LogP contribution in [-0.4, -0.2) is 26.8 Å². The topological polar surface area (TPSA) is 21.3 Å². The molecule has 0 amide bonds. The Bertz CT molecular complexity index is 311. The predicted octanol–water partition coefficient (Wildman–Crippen LogP) is 1.95. The lowest BCUT2D eigenvalue weighted by Crippen LogP contribution is -2.29. The molecule has 15 heavy (non-hydrogen) atoms. The molecule has 1 N–H and O–H groups in total. The second-order valence-electron chi connectivity index (χ2n) is 4.15. The maximum absolute atomic E-state index is 5.01. The molecular formula is C13H19NO. The van der Waals surface area contributed by atoms with Gasteiger partial charge < -0.3 is 10.1 Å². The first-order valence-electron chi connectivity index (χ1n) is 5.69. The van der Waals surface area contributed by atoms with E-state index in [-0.39, 0.29) is 0 Å². The highest BCUT2D eigenvalue weighted by molar-refractivity contribution is 5.40. The first-order chi connectivity index (χ1) is 7.42. The van der Waals surface area contributed by atoms with Gasteiger partial charge in [-0.05, 0) is 30.5 Å². The summed E-state index contributed by atoms with van der Waals surface area (Å²) in [5, 5.41) is 3.48. The zero-order valence-electron chi connectivity index (χ0n) is 9.33. The van der Waals surface area contributed by atoms with Crippen LogP contribution in [0.1, 0.15) is 23.5 Å². The van der Waals surface area contributed by atoms with Crippen LogP contribution in [0, 0.1) is 0 Å². The second-order valence-corrected chi connectivity index (χ2v) is 4.15. The lowest BCUT2D eigenvalue weighted by molar-refractivity contribution is 0.194. The first kappa shape index (κ1) is 10.7. The van der Waals surface area contributed by atoms with E-state index in [1.54, 1.807) is 7.11 Å². The molecule has 2 rings (SSSR count). The van der Waals surface area contributed by atoms with Crippen molar-refractivity contribution in [3.63, 3.8) is 0 Å². The number of benzene rings is 1. The number of hydrogen-bond donors (Lipinski definition) is 1. The maximum Gasteiger partial charge on any atom is 0.0474 e. The third-order valence-corrected chi connectivity index (χ3v) is 3.05. The fourth-order valence-corrected chi connectivity index (χ4v) is 2.16. The molecular weight excluding hydrogens is 186 g/mol. The van der Waals surface area contributed by atoms with Crippen molar-refractivity contribution in [2.24, 2.45) is 0 Å². The molecule has 0 spiro atoms. The van der Waals surface area contributed by atoms with Crippen molar-refractivity contribution in [2.45, 2.75) is 18.8 Å². The molecule has 0 saturated heterocycles. The largest absolute Gasteiger partial charge is 0.385 e. The molecule has 0 saturated carbocycles. The lowest BCUT2D eigenvalue weighted by atomic mass is 9.77. The molecule has 0 fully saturated rings. The van der Waals surface area contributed by atoms with E-state index >= 15 is 0 Å². The van der Waals surface area contributed by atoms with Gasteiger partial charge in [0, 0.05) is 26.2 Å². The Balaban J connectivity index is 1.67. The quantitative estimate of drug-likeness (QED) is 0.717. The van der Waals surface area contributed by atoms with Crippen LogP contribution in [0.3, 0.4) is 0 Å². The molecule has 1 aliphatic rings. The van der Waals surface area contributed by atoms with Gasteiger partial charge in [-0.15, -0.1) is 0 Å². The summed E-state index contributed by atoms with van der Waals surface area (Å²) in [7, 11) is 1.75. The Labute approximate surface area is 91.6 Å². The van der Waals surface area contributed by atoms with Gasteiger partial charge in [-0.3, -0.25) is 0 Å². The molecule has 1 aromatic rings. The van der Waals surface area contributed by atoms with Gasteiger partial charge >= 0.3 is 0 Å². The summed E-state index contributed by atoms with van der Waals surface area (Å²) in [5.41, 5.74) is 3.07. The van der Waals surface area contributed by atoms with Crippen LogP contribution >= 0.6 is 0 Å². The smallest absolute Gasteiger partial charge is 0.0474 e. The van der Waals surface area contributed by atoms with Gasteiger partial charge in [-0.25, -0.2) is 0 Å². The minimum Gasteiger partial charge on any atom is -0.385 e. The van der Waals surface area contributed by atoms with Gasteiger partial charge in [0.2, 0.25) is 0 Å². The molecule has 82 valence electrons. The van der Waals surface area contributed by atoms with Crippen LogP contribution in [0.25, 0.3) is 0 Å². The van der Waals surface area contributed by atoms with Gasteiger partial charge in [0.25, 0.3) is 0 Å². The van der Waals surface area contributed by atoms with E-state index in [1.807, 2.05) is 0 Å². The van der Waals surface area contributed by atoms with E-state index in [0.717, 1.165) is 32.0 Å². The van der Waals surface area contributed by atoms with Gasteiger partial charge in [0.05, 0.1) is 0 Å². The summed E-state index contributed by atoms with van der Waals surface area (Å²) < 4.78 is 5.01. The van der Waals surface area contributed by atoms with E-state index < -0.39 is 0 Å². The Kier molecular flexibility index (Phi) is 3.75. The number of nitrogens with one attached hydrogen (secondary N) is 1. The van der Waals surface area contributed by atoms with Gasteiger partial charge in [-0.2, -0.15) is 0 Å². The molecule has 0 aromatic heterocycles. The van der Waals surface area contributed by atoms with Crippen LogP contribution < -0.4 is 5.32 Å². The van der Waals surface area contributed by atoms with Crippen molar-refractivity contribution in [3.05, 3.63) is 35.4 Å². The SMILES string of the molecule is COCCCNCC1Cc2ccccc21. The molecule has 1 atom stereocenters. The molecule has 0 heterocycles. The van der Waals surface area contributed by atoms with E-state index in [2.05, 4.69) is 29.6 Å². The first-order valence-corrected chi connectivity index (χ1v) is 5.69. The number of ether oxygens (including phenoxy) is 1. The van der Waals surface area contributed by atoms with E-state index in [9.17, 15) is 0 Å². The van der Waals surface area contributed by atoms with Crippen molar-refractivity contribution < 1.29 is 4.74 Å². The summed E-state index contributed by atoms with van der Waals surface area (Å²) in [5.74, 6) is 0.740. The second kappa shape index (κ2) is 5.29. The average molecular weight is 205 g/mol. The predicted molar refractivity (Wildman–Crippen MR) is 62.2 cm³/mol. The third-order valence-electron chi connectivity index (χ3n) is 3.05. The maximum atomic E-state index is 5.01. The molecule has 1 aliphatic carbocycles. The highest BCUT2D eigenvalue weighted by atomic mass is 16.5. The number of fused-ring (bicyclic) bond motifs is 1. The molecule has 0 radical (unpaired) electrons. The van der Waals surface area contributed by atoms with E-state index in [1.165, 1.54) is 17.5 Å². The molecule has 0 bridgehead atoms. The van der Waals surface area contributed by atoms with Crippen molar-refractivity contribution in [1.29, 1.82) is 0 Å². The summed E-state index contributed by atoms with van der Waals surface area (Å²) in [6, 6.07) is 8.74. The summed E-state index contributed by atoms with van der Waals surface area (Å²) in [6.07, 6.45) is 2.35. The summed E-state index contributed by atoms with van der Waals surface area (Å²) >= 11 is 0. The molecule has 1 unspecified atom stereocenters. The normalized spacial score (nSPS) is 18.3.